The van der Waals surface area contributed by atoms with E-state index in [0.29, 0.717) is 6.42 Å². The Labute approximate surface area is 422 Å². The van der Waals surface area contributed by atoms with Gasteiger partial charge in [-0.2, -0.15) is 0 Å². The zero-order chi connectivity index (χ0) is 50.0. The molecule has 382 valence electrons. The van der Waals surface area contributed by atoms with E-state index in [1.165, 1.54) is 0 Å². The second kappa shape index (κ2) is 55.4. The van der Waals surface area contributed by atoms with E-state index >= 15 is 0 Å². The molecular weight excluding hydrogens is 853 g/mol. The molecule has 0 bridgehead atoms. The predicted molar refractivity (Wildman–Crippen MR) is 297 cm³/mol. The fourth-order valence-corrected chi connectivity index (χ4v) is 6.35. The van der Waals surface area contributed by atoms with Gasteiger partial charge in [0.05, 0.1) is 6.42 Å². The summed E-state index contributed by atoms with van der Waals surface area (Å²) in [5, 5.41) is 0. The van der Waals surface area contributed by atoms with Gasteiger partial charge in [-0.05, 0) is 128 Å². The van der Waals surface area contributed by atoms with Gasteiger partial charge in [0, 0.05) is 12.8 Å². The van der Waals surface area contributed by atoms with Crippen molar-refractivity contribution in [2.24, 2.45) is 0 Å². The molecule has 6 nitrogen and oxygen atoms in total. The van der Waals surface area contributed by atoms with Crippen molar-refractivity contribution in [3.63, 3.8) is 0 Å². The van der Waals surface area contributed by atoms with E-state index in [1.807, 2.05) is 6.08 Å². The third kappa shape index (κ3) is 53.6. The molecule has 0 heterocycles. The molecule has 0 N–H and O–H groups in total. The van der Waals surface area contributed by atoms with Gasteiger partial charge in [-0.1, -0.05) is 210 Å². The van der Waals surface area contributed by atoms with Crippen LogP contribution in [0.4, 0.5) is 0 Å². The van der Waals surface area contributed by atoms with Crippen LogP contribution in [0, 0.1) is 0 Å². The Morgan fingerprint density at radius 1 is 0.304 bits per heavy atom. The van der Waals surface area contributed by atoms with E-state index in [4.69, 9.17) is 14.2 Å². The Morgan fingerprint density at radius 3 is 0.942 bits per heavy atom. The van der Waals surface area contributed by atoms with E-state index in [9.17, 15) is 14.4 Å². The van der Waals surface area contributed by atoms with Crippen LogP contribution in [0.25, 0.3) is 0 Å². The lowest BCUT2D eigenvalue weighted by molar-refractivity contribution is -0.166. The zero-order valence-electron chi connectivity index (χ0n) is 43.5. The van der Waals surface area contributed by atoms with E-state index in [1.54, 1.807) is 6.08 Å². The maximum Gasteiger partial charge on any atom is 0.309 e. The molecule has 0 aromatic carbocycles. The average molecular weight is 947 g/mol. The summed E-state index contributed by atoms with van der Waals surface area (Å²) in [5.74, 6) is -1.15. The number of allylic oxidation sites excluding steroid dienone is 27. The Hall–Kier alpha value is -5.23. The first-order valence-corrected chi connectivity index (χ1v) is 26.6. The van der Waals surface area contributed by atoms with Crippen LogP contribution in [0.3, 0.4) is 0 Å². The molecule has 0 fully saturated rings. The van der Waals surface area contributed by atoms with Crippen LogP contribution in [0.15, 0.2) is 170 Å². The smallest absolute Gasteiger partial charge is 0.309 e. The molecule has 0 amide bonds. The van der Waals surface area contributed by atoms with Crippen molar-refractivity contribution in [2.75, 3.05) is 13.2 Å². The van der Waals surface area contributed by atoms with Gasteiger partial charge in [-0.15, -0.1) is 0 Å². The van der Waals surface area contributed by atoms with Crippen molar-refractivity contribution in [1.29, 1.82) is 0 Å². The lowest BCUT2D eigenvalue weighted by Crippen LogP contribution is -2.30. The summed E-state index contributed by atoms with van der Waals surface area (Å²) < 4.78 is 16.7. The summed E-state index contributed by atoms with van der Waals surface area (Å²) in [6, 6.07) is 0. The number of carbonyl (C=O) groups is 3. The molecule has 0 aliphatic carbocycles. The van der Waals surface area contributed by atoms with Crippen LogP contribution < -0.4 is 0 Å². The first-order chi connectivity index (χ1) is 34.0. The van der Waals surface area contributed by atoms with Crippen LogP contribution in [0.2, 0.25) is 0 Å². The van der Waals surface area contributed by atoms with Crippen molar-refractivity contribution in [2.45, 2.75) is 194 Å². The van der Waals surface area contributed by atoms with Crippen LogP contribution >= 0.6 is 0 Å². The highest BCUT2D eigenvalue weighted by Crippen LogP contribution is 2.11. The van der Waals surface area contributed by atoms with Crippen LogP contribution in [0.1, 0.15) is 188 Å². The van der Waals surface area contributed by atoms with Gasteiger partial charge in [0.25, 0.3) is 0 Å². The molecule has 0 rings (SSSR count). The zero-order valence-corrected chi connectivity index (χ0v) is 43.5. The molecule has 0 spiro atoms. The predicted octanol–water partition coefficient (Wildman–Crippen LogP) is 18.0. The van der Waals surface area contributed by atoms with Gasteiger partial charge in [-0.3, -0.25) is 14.4 Å². The van der Waals surface area contributed by atoms with Crippen LogP contribution in [0.5, 0.6) is 0 Å². The summed E-state index contributed by atoms with van der Waals surface area (Å²) in [6.45, 7) is 6.13. The minimum absolute atomic E-state index is 0.106. The number of esters is 3. The monoisotopic (exact) mass is 947 g/mol. The maximum absolute atomic E-state index is 12.8. The number of unbranched alkanes of at least 4 members (excludes halogenated alkanes) is 7. The Kier molecular flexibility index (Phi) is 51.2. The highest BCUT2D eigenvalue weighted by molar-refractivity contribution is 5.72. The number of carbonyl (C=O) groups excluding carboxylic acids is 3. The normalized spacial score (nSPS) is 13.5. The second-order valence-corrected chi connectivity index (χ2v) is 16.7. The van der Waals surface area contributed by atoms with Crippen molar-refractivity contribution in [3.8, 4) is 0 Å². The van der Waals surface area contributed by atoms with Crippen LogP contribution in [-0.4, -0.2) is 37.2 Å². The number of hydrogen-bond donors (Lipinski definition) is 0. The Bertz CT molecular complexity index is 1650. The average Bonchev–Trinajstić information content (AvgIpc) is 3.35. The Balaban J connectivity index is 4.65. The third-order valence-corrected chi connectivity index (χ3v) is 10.2. The fraction of sp³-hybridized carbons (Fsp3) is 0.508. The molecule has 0 aliphatic rings. The lowest BCUT2D eigenvalue weighted by atomic mass is 10.1. The quantitative estimate of drug-likeness (QED) is 0.0262. The van der Waals surface area contributed by atoms with Gasteiger partial charge >= 0.3 is 17.9 Å². The third-order valence-electron chi connectivity index (χ3n) is 10.2. The van der Waals surface area contributed by atoms with E-state index < -0.39 is 12.1 Å². The molecule has 1 atom stereocenters. The molecule has 1 unspecified atom stereocenters. The molecular formula is C63H94O6. The summed E-state index contributed by atoms with van der Waals surface area (Å²) in [7, 11) is 0. The summed E-state index contributed by atoms with van der Waals surface area (Å²) in [5.41, 5.74) is 0. The minimum Gasteiger partial charge on any atom is -0.462 e. The van der Waals surface area contributed by atoms with Crippen molar-refractivity contribution in [3.05, 3.63) is 170 Å². The molecule has 0 saturated carbocycles. The lowest BCUT2D eigenvalue weighted by Gasteiger charge is -2.18. The van der Waals surface area contributed by atoms with Gasteiger partial charge in [0.15, 0.2) is 6.10 Å². The van der Waals surface area contributed by atoms with Gasteiger partial charge in [0.2, 0.25) is 0 Å². The van der Waals surface area contributed by atoms with Crippen molar-refractivity contribution >= 4 is 17.9 Å². The first-order valence-electron chi connectivity index (χ1n) is 26.6. The fourth-order valence-electron chi connectivity index (χ4n) is 6.35. The van der Waals surface area contributed by atoms with Gasteiger partial charge < -0.3 is 14.2 Å². The first kappa shape index (κ1) is 63.8. The highest BCUT2D eigenvalue weighted by atomic mass is 16.6. The largest absolute Gasteiger partial charge is 0.462 e. The molecule has 6 heteroatoms. The maximum atomic E-state index is 12.8. The van der Waals surface area contributed by atoms with E-state index in [0.717, 1.165) is 141 Å². The highest BCUT2D eigenvalue weighted by Gasteiger charge is 2.19. The topological polar surface area (TPSA) is 78.9 Å². The van der Waals surface area contributed by atoms with Crippen molar-refractivity contribution in [1.82, 2.24) is 0 Å². The number of hydrogen-bond acceptors (Lipinski definition) is 6. The minimum atomic E-state index is -0.854. The van der Waals surface area contributed by atoms with Gasteiger partial charge in [-0.25, -0.2) is 0 Å². The summed E-state index contributed by atoms with van der Waals surface area (Å²) in [6.07, 6.45) is 82.2. The van der Waals surface area contributed by atoms with Gasteiger partial charge in [0.1, 0.15) is 13.2 Å². The van der Waals surface area contributed by atoms with E-state index in [-0.39, 0.29) is 44.4 Å². The SMILES string of the molecule is CC/C=C\C/C=C\C/C=C\C/C=C\C/C=C\CCCCCC(=O)OCC(COC(=O)C/C=C\C/C=C\C/C=C\C/C=C\C/C=C\CC)OC(=O)CCCCCC/C=C\C/C=C\C/C=C\C/C=C\CC. The molecule has 0 saturated heterocycles. The molecule has 0 aromatic heterocycles. The Morgan fingerprint density at radius 2 is 0.580 bits per heavy atom. The summed E-state index contributed by atoms with van der Waals surface area (Å²) in [4.78, 5) is 38.0. The molecule has 69 heavy (non-hydrogen) atoms. The molecule has 0 aliphatic heterocycles. The van der Waals surface area contributed by atoms with Crippen LogP contribution in [-0.2, 0) is 28.6 Å². The number of ether oxygens (including phenoxy) is 3. The second-order valence-electron chi connectivity index (χ2n) is 16.7. The van der Waals surface area contributed by atoms with Crippen molar-refractivity contribution < 1.29 is 28.6 Å². The molecule has 0 radical (unpaired) electrons. The number of rotatable bonds is 45. The molecule has 0 aromatic rings. The summed E-state index contributed by atoms with van der Waals surface area (Å²) >= 11 is 0. The van der Waals surface area contributed by atoms with E-state index in [2.05, 4.69) is 179 Å². The standard InChI is InChI=1S/C63H94O6/c1-4-7-10-13-16-19-22-25-28-30-31-33-35-38-41-44-47-50-53-56-62(65)68-59-60(58-67-61(64)55-52-49-46-43-40-37-34-27-24-21-18-15-12-9-6-3)69-63(66)57-54-51-48-45-42-39-36-32-29-26-23-20-17-14-11-8-5-2/h7-12,16-21,25-29,31,33-34,36,38-41,43,49,52,60H,4-6,13-15,22-24,30,32,35,37,42,44-48,50-51,53-59H2,1-3H3/b10-7-,11-8-,12-9-,19-16-,20-17-,21-18-,28-25-,29-26-,33-31-,34-27-,39-36-,41-38-,43-40-,52-49-.